The third-order valence-electron chi connectivity index (χ3n) is 3.27. The van der Waals surface area contributed by atoms with Gasteiger partial charge in [0.25, 0.3) is 5.91 Å². The van der Waals surface area contributed by atoms with Crippen LogP contribution in [0.5, 0.6) is 0 Å². The first-order valence-corrected chi connectivity index (χ1v) is 8.72. The van der Waals surface area contributed by atoms with Crippen LogP contribution < -0.4 is 10.7 Å². The van der Waals surface area contributed by atoms with E-state index in [1.165, 1.54) is 0 Å². The second kappa shape index (κ2) is 9.13. The van der Waals surface area contributed by atoms with Crippen molar-refractivity contribution >= 4 is 39.6 Å². The number of rotatable bonds is 6. The number of hydrazone groups is 1. The van der Waals surface area contributed by atoms with Crippen molar-refractivity contribution in [2.24, 2.45) is 11.0 Å². The number of benzene rings is 2. The van der Waals surface area contributed by atoms with E-state index in [-0.39, 0.29) is 11.8 Å². The van der Waals surface area contributed by atoms with Gasteiger partial charge in [0, 0.05) is 22.1 Å². The summed E-state index contributed by atoms with van der Waals surface area (Å²) in [6.07, 6.45) is 2.04. The molecule has 0 spiro atoms. The molecule has 0 fully saturated rings. The summed E-state index contributed by atoms with van der Waals surface area (Å²) < 4.78 is 0.981. The molecule has 2 aromatic carbocycles. The zero-order valence-electron chi connectivity index (χ0n) is 14.1. The zero-order chi connectivity index (χ0) is 18.2. The second-order valence-electron chi connectivity index (χ2n) is 5.97. The highest BCUT2D eigenvalue weighted by molar-refractivity contribution is 9.10. The van der Waals surface area contributed by atoms with E-state index >= 15 is 0 Å². The summed E-state index contributed by atoms with van der Waals surface area (Å²) in [4.78, 5) is 23.8. The van der Waals surface area contributed by atoms with E-state index in [9.17, 15) is 9.59 Å². The molecule has 0 saturated heterocycles. The van der Waals surface area contributed by atoms with Crippen LogP contribution in [-0.4, -0.2) is 18.0 Å². The number of nitrogens with zero attached hydrogens (tertiary/aromatic N) is 1. The first-order valence-electron chi connectivity index (χ1n) is 7.93. The van der Waals surface area contributed by atoms with E-state index in [4.69, 9.17) is 0 Å². The Balaban J connectivity index is 1.89. The molecule has 0 aliphatic heterocycles. The SMILES string of the molecule is CC(C)CC(=O)Nc1ccc(C(=O)N/N=C/c2ccc(Br)cc2)cc1. The highest BCUT2D eigenvalue weighted by Gasteiger charge is 2.07. The quantitative estimate of drug-likeness (QED) is 0.562. The standard InChI is InChI=1S/C19H20BrN3O2/c1-13(2)11-18(24)22-17-9-5-15(6-10-17)19(25)23-21-12-14-3-7-16(20)8-4-14/h3-10,12-13H,11H2,1-2H3,(H,22,24)(H,23,25)/b21-12+. The summed E-state index contributed by atoms with van der Waals surface area (Å²) >= 11 is 3.36. The van der Waals surface area contributed by atoms with E-state index in [0.717, 1.165) is 10.0 Å². The smallest absolute Gasteiger partial charge is 0.271 e. The van der Waals surface area contributed by atoms with E-state index in [1.54, 1.807) is 30.5 Å². The van der Waals surface area contributed by atoms with Crippen LogP contribution in [0.2, 0.25) is 0 Å². The highest BCUT2D eigenvalue weighted by atomic mass is 79.9. The molecule has 0 heterocycles. The minimum atomic E-state index is -0.312. The van der Waals surface area contributed by atoms with Crippen LogP contribution in [0, 0.1) is 5.92 Å². The third-order valence-corrected chi connectivity index (χ3v) is 3.80. The fourth-order valence-electron chi connectivity index (χ4n) is 2.07. The minimum absolute atomic E-state index is 0.0358. The van der Waals surface area contributed by atoms with Crippen molar-refractivity contribution < 1.29 is 9.59 Å². The maximum absolute atomic E-state index is 12.0. The average Bonchev–Trinajstić information content (AvgIpc) is 2.56. The fourth-order valence-corrected chi connectivity index (χ4v) is 2.33. The Bertz CT molecular complexity index is 753. The van der Waals surface area contributed by atoms with Gasteiger partial charge in [-0.25, -0.2) is 5.43 Å². The van der Waals surface area contributed by atoms with Crippen molar-refractivity contribution in [2.75, 3.05) is 5.32 Å². The monoisotopic (exact) mass is 401 g/mol. The summed E-state index contributed by atoms with van der Waals surface area (Å²) in [5.74, 6) is -0.0478. The molecule has 2 aromatic rings. The lowest BCUT2D eigenvalue weighted by Crippen LogP contribution is -2.18. The molecule has 0 aromatic heterocycles. The van der Waals surface area contributed by atoms with Crippen LogP contribution in [0.15, 0.2) is 58.1 Å². The van der Waals surface area contributed by atoms with Gasteiger partial charge in [-0.15, -0.1) is 0 Å². The number of hydrogen-bond donors (Lipinski definition) is 2. The summed E-state index contributed by atoms with van der Waals surface area (Å²) in [6, 6.07) is 14.3. The number of carbonyl (C=O) groups excluding carboxylic acids is 2. The summed E-state index contributed by atoms with van der Waals surface area (Å²) in [7, 11) is 0. The number of carbonyl (C=O) groups is 2. The van der Waals surface area contributed by atoms with Gasteiger partial charge in [0.1, 0.15) is 0 Å². The highest BCUT2D eigenvalue weighted by Crippen LogP contribution is 2.12. The molecule has 5 nitrogen and oxygen atoms in total. The number of halogens is 1. The Hall–Kier alpha value is -2.47. The lowest BCUT2D eigenvalue weighted by atomic mass is 10.1. The Morgan fingerprint density at radius 1 is 1.08 bits per heavy atom. The minimum Gasteiger partial charge on any atom is -0.326 e. The molecule has 0 bridgehead atoms. The number of anilines is 1. The largest absolute Gasteiger partial charge is 0.326 e. The Morgan fingerprint density at radius 3 is 2.32 bits per heavy atom. The van der Waals surface area contributed by atoms with Crippen molar-refractivity contribution in [1.29, 1.82) is 0 Å². The number of nitrogens with one attached hydrogen (secondary N) is 2. The normalized spacial score (nSPS) is 10.9. The molecule has 0 aliphatic carbocycles. The van der Waals surface area contributed by atoms with Crippen molar-refractivity contribution in [2.45, 2.75) is 20.3 Å². The molecule has 2 rings (SSSR count). The van der Waals surface area contributed by atoms with E-state index in [0.29, 0.717) is 23.6 Å². The van der Waals surface area contributed by atoms with Crippen LogP contribution in [0.3, 0.4) is 0 Å². The lowest BCUT2D eigenvalue weighted by Gasteiger charge is -2.07. The third kappa shape index (κ3) is 6.51. The van der Waals surface area contributed by atoms with Gasteiger partial charge < -0.3 is 5.32 Å². The Labute approximate surface area is 155 Å². The van der Waals surface area contributed by atoms with Crippen LogP contribution in [0.1, 0.15) is 36.2 Å². The summed E-state index contributed by atoms with van der Waals surface area (Å²) in [5.41, 5.74) is 4.50. The second-order valence-corrected chi connectivity index (χ2v) is 6.89. The number of hydrogen-bond acceptors (Lipinski definition) is 3. The van der Waals surface area contributed by atoms with E-state index in [2.05, 4.69) is 31.8 Å². The molecular weight excluding hydrogens is 382 g/mol. The summed E-state index contributed by atoms with van der Waals surface area (Å²) in [6.45, 7) is 3.98. The van der Waals surface area contributed by atoms with Crippen molar-refractivity contribution in [3.8, 4) is 0 Å². The Kier molecular flexibility index (Phi) is 6.89. The molecular formula is C19H20BrN3O2. The molecule has 2 N–H and O–H groups in total. The van der Waals surface area contributed by atoms with Crippen LogP contribution in [0.4, 0.5) is 5.69 Å². The molecule has 6 heteroatoms. The van der Waals surface area contributed by atoms with Gasteiger partial charge >= 0.3 is 0 Å². The molecule has 25 heavy (non-hydrogen) atoms. The van der Waals surface area contributed by atoms with Gasteiger partial charge in [0.2, 0.25) is 5.91 Å². The van der Waals surface area contributed by atoms with Gasteiger partial charge in [0.05, 0.1) is 6.21 Å². The van der Waals surface area contributed by atoms with E-state index in [1.807, 2.05) is 38.1 Å². The van der Waals surface area contributed by atoms with Gasteiger partial charge in [-0.3, -0.25) is 9.59 Å². The van der Waals surface area contributed by atoms with Gasteiger partial charge in [0.15, 0.2) is 0 Å². The zero-order valence-corrected chi connectivity index (χ0v) is 15.7. The van der Waals surface area contributed by atoms with Crippen LogP contribution >= 0.6 is 15.9 Å². The van der Waals surface area contributed by atoms with Gasteiger partial charge in [-0.05, 0) is 47.9 Å². The molecule has 0 aliphatic rings. The van der Waals surface area contributed by atoms with Gasteiger partial charge in [-0.2, -0.15) is 5.10 Å². The fraction of sp³-hybridized carbons (Fsp3) is 0.211. The molecule has 0 saturated carbocycles. The molecule has 0 unspecified atom stereocenters. The first kappa shape index (κ1) is 18.9. The van der Waals surface area contributed by atoms with Gasteiger partial charge in [-0.1, -0.05) is 41.9 Å². The van der Waals surface area contributed by atoms with Crippen LogP contribution in [0.25, 0.3) is 0 Å². The maximum atomic E-state index is 12.0. The molecule has 0 atom stereocenters. The predicted molar refractivity (Wildman–Crippen MR) is 104 cm³/mol. The Morgan fingerprint density at radius 2 is 1.72 bits per heavy atom. The van der Waals surface area contributed by atoms with Crippen molar-refractivity contribution in [3.63, 3.8) is 0 Å². The van der Waals surface area contributed by atoms with Crippen molar-refractivity contribution in [1.82, 2.24) is 5.43 Å². The van der Waals surface area contributed by atoms with E-state index < -0.39 is 0 Å². The van der Waals surface area contributed by atoms with Crippen LogP contribution in [-0.2, 0) is 4.79 Å². The maximum Gasteiger partial charge on any atom is 0.271 e. The number of amides is 2. The molecule has 0 radical (unpaired) electrons. The predicted octanol–water partition coefficient (Wildman–Crippen LogP) is 4.20. The molecule has 130 valence electrons. The average molecular weight is 402 g/mol. The lowest BCUT2D eigenvalue weighted by molar-refractivity contribution is -0.116. The topological polar surface area (TPSA) is 70.6 Å². The summed E-state index contributed by atoms with van der Waals surface area (Å²) in [5, 5.41) is 6.75. The van der Waals surface area contributed by atoms with Crippen molar-refractivity contribution in [3.05, 3.63) is 64.1 Å². The molecule has 2 amide bonds. The first-order chi connectivity index (χ1) is 11.9.